The molecule has 0 fully saturated rings. The van der Waals surface area contributed by atoms with Gasteiger partial charge in [-0.2, -0.15) is 0 Å². The second-order valence-electron chi connectivity index (χ2n) is 5.86. The zero-order chi connectivity index (χ0) is 18.9. The summed E-state index contributed by atoms with van der Waals surface area (Å²) in [6.07, 6.45) is 1.37. The summed E-state index contributed by atoms with van der Waals surface area (Å²) in [5.74, 6) is 0.0301. The quantitative estimate of drug-likeness (QED) is 0.528. The molecular weight excluding hydrogens is 330 g/mol. The fourth-order valence-electron chi connectivity index (χ4n) is 2.18. The van der Waals surface area contributed by atoms with Crippen LogP contribution in [0.3, 0.4) is 0 Å². The molecule has 0 bridgehead atoms. The molecule has 0 aliphatic heterocycles. The van der Waals surface area contributed by atoms with Crippen molar-refractivity contribution in [1.82, 2.24) is 10.9 Å². The van der Waals surface area contributed by atoms with E-state index in [1.54, 1.807) is 13.0 Å². The van der Waals surface area contributed by atoms with Crippen molar-refractivity contribution in [1.29, 1.82) is 0 Å². The first kappa shape index (κ1) is 19.1. The van der Waals surface area contributed by atoms with E-state index in [4.69, 9.17) is 4.74 Å². The van der Waals surface area contributed by atoms with Gasteiger partial charge in [-0.15, -0.1) is 0 Å². The number of allylic oxidation sites excluding steroid dienone is 1. The Morgan fingerprint density at radius 1 is 0.962 bits per heavy atom. The van der Waals surface area contributed by atoms with E-state index in [1.807, 2.05) is 56.3 Å². The minimum Gasteiger partial charge on any atom is -0.483 e. The Morgan fingerprint density at radius 3 is 2.31 bits per heavy atom. The van der Waals surface area contributed by atoms with Crippen molar-refractivity contribution in [2.45, 2.75) is 20.8 Å². The maximum atomic E-state index is 12.0. The van der Waals surface area contributed by atoms with Gasteiger partial charge < -0.3 is 15.5 Å². The number of hydrogen-bond acceptors (Lipinski definition) is 4. The van der Waals surface area contributed by atoms with Gasteiger partial charge in [0.1, 0.15) is 5.75 Å². The van der Waals surface area contributed by atoms with Gasteiger partial charge in [-0.1, -0.05) is 36.4 Å². The molecule has 0 spiro atoms. The van der Waals surface area contributed by atoms with Gasteiger partial charge in [-0.25, -0.2) is 0 Å². The molecule has 0 aliphatic rings. The molecule has 6 heteroatoms. The Hall–Kier alpha value is -3.28. The van der Waals surface area contributed by atoms with Crippen LogP contribution in [0.1, 0.15) is 18.1 Å². The number of aryl methyl sites for hydroxylation is 2. The van der Waals surface area contributed by atoms with Crippen LogP contribution in [0.2, 0.25) is 0 Å². The summed E-state index contributed by atoms with van der Waals surface area (Å²) in [6.45, 7) is 5.38. The van der Waals surface area contributed by atoms with Crippen LogP contribution in [0.15, 0.2) is 60.3 Å². The SMILES string of the molecule is CC(=CC(=O)Nc1ccccc1C)NNC(=O)COc1ccccc1C. The molecular formula is C20H23N3O3. The predicted molar refractivity (Wildman–Crippen MR) is 102 cm³/mol. The van der Waals surface area contributed by atoms with Crippen LogP contribution >= 0.6 is 0 Å². The average molecular weight is 353 g/mol. The van der Waals surface area contributed by atoms with Crippen molar-refractivity contribution >= 4 is 17.5 Å². The number of hydrazine groups is 1. The van der Waals surface area contributed by atoms with Crippen LogP contribution in [0.5, 0.6) is 5.75 Å². The Bertz CT molecular complexity index is 815. The Kier molecular flexibility index (Phi) is 6.79. The van der Waals surface area contributed by atoms with Crippen LogP contribution in [0.4, 0.5) is 5.69 Å². The highest BCUT2D eigenvalue weighted by Crippen LogP contribution is 2.15. The monoisotopic (exact) mass is 353 g/mol. The van der Waals surface area contributed by atoms with Gasteiger partial charge in [0.15, 0.2) is 6.61 Å². The molecule has 2 aromatic carbocycles. The van der Waals surface area contributed by atoms with E-state index < -0.39 is 0 Å². The number of para-hydroxylation sites is 2. The van der Waals surface area contributed by atoms with Gasteiger partial charge in [0.25, 0.3) is 5.91 Å². The molecule has 2 aromatic rings. The third kappa shape index (κ3) is 5.98. The van der Waals surface area contributed by atoms with E-state index in [0.717, 1.165) is 16.8 Å². The number of carbonyl (C=O) groups excluding carboxylic acids is 2. The molecule has 2 amide bonds. The number of rotatable bonds is 7. The van der Waals surface area contributed by atoms with Gasteiger partial charge in [-0.05, 0) is 44.0 Å². The lowest BCUT2D eigenvalue weighted by Crippen LogP contribution is -2.39. The predicted octanol–water partition coefficient (Wildman–Crippen LogP) is 2.85. The van der Waals surface area contributed by atoms with Crippen molar-refractivity contribution in [2.24, 2.45) is 0 Å². The third-order valence-corrected chi connectivity index (χ3v) is 3.60. The van der Waals surface area contributed by atoms with Crippen LogP contribution in [0.25, 0.3) is 0 Å². The summed E-state index contributed by atoms with van der Waals surface area (Å²) in [4.78, 5) is 23.8. The summed E-state index contributed by atoms with van der Waals surface area (Å²) in [5.41, 5.74) is 8.35. The summed E-state index contributed by atoms with van der Waals surface area (Å²) in [7, 11) is 0. The minimum absolute atomic E-state index is 0.124. The smallest absolute Gasteiger partial charge is 0.276 e. The highest BCUT2D eigenvalue weighted by molar-refractivity contribution is 6.00. The standard InChI is InChI=1S/C20H23N3O3/c1-14-8-4-6-10-17(14)21-19(24)12-16(3)22-23-20(25)13-26-18-11-7-5-9-15(18)2/h4-12,22H,13H2,1-3H3,(H,21,24)(H,23,25). The number of hydrogen-bond donors (Lipinski definition) is 3. The lowest BCUT2D eigenvalue weighted by atomic mass is 10.2. The number of carbonyl (C=O) groups is 2. The summed E-state index contributed by atoms with van der Waals surface area (Å²) < 4.78 is 5.45. The largest absolute Gasteiger partial charge is 0.483 e. The van der Waals surface area contributed by atoms with Gasteiger partial charge in [0, 0.05) is 17.5 Å². The summed E-state index contributed by atoms with van der Waals surface area (Å²) in [5, 5.41) is 2.79. The van der Waals surface area contributed by atoms with Gasteiger partial charge in [0.05, 0.1) is 0 Å². The topological polar surface area (TPSA) is 79.5 Å². The molecule has 0 atom stereocenters. The molecule has 0 saturated heterocycles. The lowest BCUT2D eigenvalue weighted by molar-refractivity contribution is -0.124. The van der Waals surface area contributed by atoms with E-state index in [2.05, 4.69) is 16.2 Å². The van der Waals surface area contributed by atoms with Crippen molar-refractivity contribution in [2.75, 3.05) is 11.9 Å². The van der Waals surface area contributed by atoms with Gasteiger partial charge in [0.2, 0.25) is 5.91 Å². The van der Waals surface area contributed by atoms with Crippen LogP contribution in [-0.2, 0) is 9.59 Å². The van der Waals surface area contributed by atoms with E-state index in [1.165, 1.54) is 6.08 Å². The maximum absolute atomic E-state index is 12.0. The van der Waals surface area contributed by atoms with Gasteiger partial charge in [-0.3, -0.25) is 15.0 Å². The molecule has 136 valence electrons. The maximum Gasteiger partial charge on any atom is 0.276 e. The first-order valence-electron chi connectivity index (χ1n) is 8.24. The van der Waals surface area contributed by atoms with Crippen LogP contribution in [0, 0.1) is 13.8 Å². The molecule has 0 aliphatic carbocycles. The molecule has 0 radical (unpaired) electrons. The third-order valence-electron chi connectivity index (χ3n) is 3.60. The van der Waals surface area contributed by atoms with Crippen molar-refractivity contribution in [3.05, 3.63) is 71.4 Å². The van der Waals surface area contributed by atoms with E-state index >= 15 is 0 Å². The normalized spacial score (nSPS) is 10.8. The molecule has 0 saturated carbocycles. The minimum atomic E-state index is -0.347. The Labute approximate surface area is 153 Å². The zero-order valence-corrected chi connectivity index (χ0v) is 15.1. The van der Waals surface area contributed by atoms with Crippen molar-refractivity contribution in [3.63, 3.8) is 0 Å². The fraction of sp³-hybridized carbons (Fsp3) is 0.200. The van der Waals surface area contributed by atoms with E-state index in [0.29, 0.717) is 11.4 Å². The first-order valence-corrected chi connectivity index (χ1v) is 8.24. The van der Waals surface area contributed by atoms with E-state index in [-0.39, 0.29) is 18.4 Å². The fourth-order valence-corrected chi connectivity index (χ4v) is 2.18. The second-order valence-corrected chi connectivity index (χ2v) is 5.86. The number of ether oxygens (including phenoxy) is 1. The zero-order valence-electron chi connectivity index (χ0n) is 15.1. The van der Waals surface area contributed by atoms with Crippen LogP contribution < -0.4 is 20.9 Å². The summed E-state index contributed by atoms with van der Waals surface area (Å²) in [6, 6.07) is 15.0. The highest BCUT2D eigenvalue weighted by Gasteiger charge is 2.05. The van der Waals surface area contributed by atoms with Crippen LogP contribution in [-0.4, -0.2) is 18.4 Å². The molecule has 0 heterocycles. The Morgan fingerprint density at radius 2 is 1.62 bits per heavy atom. The number of nitrogens with one attached hydrogen (secondary N) is 3. The van der Waals surface area contributed by atoms with E-state index in [9.17, 15) is 9.59 Å². The number of amides is 2. The molecule has 0 aromatic heterocycles. The molecule has 6 nitrogen and oxygen atoms in total. The highest BCUT2D eigenvalue weighted by atomic mass is 16.5. The number of benzene rings is 2. The number of anilines is 1. The molecule has 3 N–H and O–H groups in total. The van der Waals surface area contributed by atoms with Crippen molar-refractivity contribution < 1.29 is 14.3 Å². The second kappa shape index (κ2) is 9.27. The van der Waals surface area contributed by atoms with Crippen molar-refractivity contribution in [3.8, 4) is 5.75 Å². The van der Waals surface area contributed by atoms with Gasteiger partial charge >= 0.3 is 0 Å². The molecule has 2 rings (SSSR count). The Balaban J connectivity index is 1.78. The lowest BCUT2D eigenvalue weighted by Gasteiger charge is -2.11. The summed E-state index contributed by atoms with van der Waals surface area (Å²) >= 11 is 0. The molecule has 26 heavy (non-hydrogen) atoms. The first-order chi connectivity index (χ1) is 12.5. The average Bonchev–Trinajstić information content (AvgIpc) is 2.61. The molecule has 0 unspecified atom stereocenters.